The number of hydrogen-bond donors (Lipinski definition) is 2. The van der Waals surface area contributed by atoms with Crippen molar-refractivity contribution in [2.45, 2.75) is 44.9 Å². The van der Waals surface area contributed by atoms with Gasteiger partial charge in [-0.3, -0.25) is 9.98 Å². The van der Waals surface area contributed by atoms with Gasteiger partial charge in [-0.1, -0.05) is 38.2 Å². The number of aromatic nitrogens is 1. The largest absolute Gasteiger partial charge is 0.356 e. The molecule has 1 saturated carbocycles. The van der Waals surface area contributed by atoms with E-state index in [9.17, 15) is 0 Å². The Morgan fingerprint density at radius 3 is 2.64 bits per heavy atom. The van der Waals surface area contributed by atoms with Gasteiger partial charge in [-0.2, -0.15) is 0 Å². The lowest BCUT2D eigenvalue weighted by molar-refractivity contribution is 0.339. The summed E-state index contributed by atoms with van der Waals surface area (Å²) in [7, 11) is 1.83. The molecule has 0 unspecified atom stereocenters. The molecule has 22 heavy (non-hydrogen) atoms. The minimum absolute atomic E-state index is 0. The molecule has 1 heterocycles. The van der Waals surface area contributed by atoms with Crippen LogP contribution in [0.2, 0.25) is 0 Å². The zero-order valence-electron chi connectivity index (χ0n) is 13.6. The van der Waals surface area contributed by atoms with E-state index in [0.717, 1.165) is 37.1 Å². The smallest absolute Gasteiger partial charge is 0.190 e. The van der Waals surface area contributed by atoms with Gasteiger partial charge in [0, 0.05) is 38.4 Å². The first kappa shape index (κ1) is 19.2. The fourth-order valence-electron chi connectivity index (χ4n) is 2.95. The van der Waals surface area contributed by atoms with Gasteiger partial charge in [0.25, 0.3) is 0 Å². The van der Waals surface area contributed by atoms with E-state index < -0.39 is 0 Å². The molecule has 0 aromatic carbocycles. The molecule has 5 heteroatoms. The van der Waals surface area contributed by atoms with Crippen LogP contribution in [0.1, 0.15) is 44.2 Å². The number of rotatable bonds is 6. The highest BCUT2D eigenvalue weighted by atomic mass is 127. The van der Waals surface area contributed by atoms with Gasteiger partial charge in [0.2, 0.25) is 0 Å². The van der Waals surface area contributed by atoms with Crippen LogP contribution < -0.4 is 10.6 Å². The van der Waals surface area contributed by atoms with E-state index in [0.29, 0.717) is 0 Å². The van der Waals surface area contributed by atoms with E-state index in [4.69, 9.17) is 0 Å². The third-order valence-electron chi connectivity index (χ3n) is 4.19. The lowest BCUT2D eigenvalue weighted by atomic mass is 9.87. The van der Waals surface area contributed by atoms with Crippen LogP contribution in [-0.4, -0.2) is 31.1 Å². The van der Waals surface area contributed by atoms with Gasteiger partial charge in [0.15, 0.2) is 5.96 Å². The van der Waals surface area contributed by atoms with Gasteiger partial charge in [-0.05, 0) is 24.5 Å². The third-order valence-corrected chi connectivity index (χ3v) is 4.19. The Morgan fingerprint density at radius 1 is 1.18 bits per heavy atom. The molecule has 0 bridgehead atoms. The number of pyridine rings is 1. The van der Waals surface area contributed by atoms with Crippen molar-refractivity contribution in [3.63, 3.8) is 0 Å². The van der Waals surface area contributed by atoms with Crippen molar-refractivity contribution in [2.24, 2.45) is 10.9 Å². The Balaban J connectivity index is 0.00000242. The molecule has 0 radical (unpaired) electrons. The van der Waals surface area contributed by atoms with Gasteiger partial charge in [-0.25, -0.2) is 0 Å². The summed E-state index contributed by atoms with van der Waals surface area (Å²) in [6.45, 7) is 1.88. The van der Waals surface area contributed by atoms with Gasteiger partial charge in [-0.15, -0.1) is 24.0 Å². The summed E-state index contributed by atoms with van der Waals surface area (Å²) in [4.78, 5) is 8.60. The monoisotopic (exact) mass is 416 g/mol. The third kappa shape index (κ3) is 7.42. The fraction of sp³-hybridized carbons (Fsp3) is 0.647. The molecule has 0 aliphatic heterocycles. The van der Waals surface area contributed by atoms with Gasteiger partial charge in [0.05, 0.1) is 0 Å². The van der Waals surface area contributed by atoms with E-state index in [2.05, 4.69) is 26.7 Å². The van der Waals surface area contributed by atoms with Crippen LogP contribution in [0.15, 0.2) is 29.4 Å². The predicted molar refractivity (Wildman–Crippen MR) is 104 cm³/mol. The molecule has 0 atom stereocenters. The maximum absolute atomic E-state index is 4.32. The molecule has 2 rings (SSSR count). The molecule has 1 aliphatic carbocycles. The Hall–Kier alpha value is -0.850. The van der Waals surface area contributed by atoms with E-state index in [-0.39, 0.29) is 24.0 Å². The van der Waals surface area contributed by atoms with E-state index >= 15 is 0 Å². The van der Waals surface area contributed by atoms with Crippen LogP contribution in [0.3, 0.4) is 0 Å². The Labute approximate surface area is 151 Å². The van der Waals surface area contributed by atoms with E-state index in [1.54, 1.807) is 0 Å². The van der Waals surface area contributed by atoms with Gasteiger partial charge < -0.3 is 10.6 Å². The van der Waals surface area contributed by atoms with E-state index in [1.165, 1.54) is 38.5 Å². The normalized spacial score (nSPS) is 16.0. The van der Waals surface area contributed by atoms with Crippen LogP contribution in [0, 0.1) is 5.92 Å². The van der Waals surface area contributed by atoms with Gasteiger partial charge in [0.1, 0.15) is 0 Å². The van der Waals surface area contributed by atoms with Crippen molar-refractivity contribution in [3.05, 3.63) is 30.1 Å². The summed E-state index contributed by atoms with van der Waals surface area (Å²) in [5.41, 5.74) is 1.11. The molecule has 1 aliphatic rings. The molecule has 0 spiro atoms. The summed E-state index contributed by atoms with van der Waals surface area (Å²) in [5.74, 6) is 1.82. The van der Waals surface area contributed by atoms with Crippen LogP contribution in [-0.2, 0) is 6.42 Å². The van der Waals surface area contributed by atoms with Crippen molar-refractivity contribution < 1.29 is 0 Å². The highest BCUT2D eigenvalue weighted by molar-refractivity contribution is 14.0. The molecule has 1 fully saturated rings. The van der Waals surface area contributed by atoms with Gasteiger partial charge >= 0.3 is 0 Å². The molecule has 0 amide bonds. The standard InChI is InChI=1S/C17H28N4.HI/c1-18-17(20-13-10-15-7-3-2-4-8-15)21-14-11-16-9-5-6-12-19-16;/h5-6,9,12,15H,2-4,7-8,10-11,13-14H2,1H3,(H2,18,20,21);1H. The zero-order valence-corrected chi connectivity index (χ0v) is 15.9. The lowest BCUT2D eigenvalue weighted by Gasteiger charge is -2.22. The molecule has 2 N–H and O–H groups in total. The summed E-state index contributed by atoms with van der Waals surface area (Å²) in [6, 6.07) is 6.03. The van der Waals surface area contributed by atoms with Crippen molar-refractivity contribution in [1.29, 1.82) is 0 Å². The van der Waals surface area contributed by atoms with Crippen molar-refractivity contribution in [3.8, 4) is 0 Å². The first-order valence-corrected chi connectivity index (χ1v) is 8.23. The molecule has 4 nitrogen and oxygen atoms in total. The Morgan fingerprint density at radius 2 is 1.95 bits per heavy atom. The molecule has 1 aromatic rings. The number of hydrogen-bond acceptors (Lipinski definition) is 2. The summed E-state index contributed by atoms with van der Waals surface area (Å²) in [5, 5.41) is 6.78. The number of nitrogens with one attached hydrogen (secondary N) is 2. The predicted octanol–water partition coefficient (Wildman–Crippen LogP) is 3.38. The molecular formula is C17H29IN4. The summed E-state index contributed by atoms with van der Waals surface area (Å²) in [6.07, 6.45) is 11.1. The second-order valence-corrected chi connectivity index (χ2v) is 5.79. The molecule has 0 saturated heterocycles. The molecular weight excluding hydrogens is 387 g/mol. The Bertz CT molecular complexity index is 416. The second kappa shape index (κ2) is 11.7. The average Bonchev–Trinajstić information content (AvgIpc) is 2.55. The number of halogens is 1. The van der Waals surface area contributed by atoms with Crippen molar-refractivity contribution in [1.82, 2.24) is 15.6 Å². The first-order valence-electron chi connectivity index (χ1n) is 8.23. The van der Waals surface area contributed by atoms with Crippen LogP contribution in [0.25, 0.3) is 0 Å². The van der Waals surface area contributed by atoms with Crippen LogP contribution in [0.4, 0.5) is 0 Å². The van der Waals surface area contributed by atoms with Crippen molar-refractivity contribution >= 4 is 29.9 Å². The maximum Gasteiger partial charge on any atom is 0.190 e. The minimum atomic E-state index is 0. The number of guanidine groups is 1. The molecule has 124 valence electrons. The lowest BCUT2D eigenvalue weighted by Crippen LogP contribution is -2.39. The summed E-state index contributed by atoms with van der Waals surface area (Å²) < 4.78 is 0. The second-order valence-electron chi connectivity index (χ2n) is 5.79. The fourth-order valence-corrected chi connectivity index (χ4v) is 2.95. The van der Waals surface area contributed by atoms with Crippen LogP contribution in [0.5, 0.6) is 0 Å². The average molecular weight is 416 g/mol. The highest BCUT2D eigenvalue weighted by Crippen LogP contribution is 2.25. The summed E-state index contributed by atoms with van der Waals surface area (Å²) >= 11 is 0. The zero-order chi connectivity index (χ0) is 14.8. The number of aliphatic imine (C=N–C) groups is 1. The minimum Gasteiger partial charge on any atom is -0.356 e. The SMILES string of the molecule is CN=C(NCCc1ccccn1)NCCC1CCCCC1.I. The topological polar surface area (TPSA) is 49.3 Å². The Kier molecular flexibility index (Phi) is 10.2. The number of nitrogens with zero attached hydrogens (tertiary/aromatic N) is 2. The quantitative estimate of drug-likeness (QED) is 0.425. The maximum atomic E-state index is 4.32. The van der Waals surface area contributed by atoms with Crippen LogP contribution >= 0.6 is 24.0 Å². The molecule has 1 aromatic heterocycles. The first-order chi connectivity index (χ1) is 10.4. The van der Waals surface area contributed by atoms with E-state index in [1.807, 2.05) is 25.4 Å². The van der Waals surface area contributed by atoms with Crippen molar-refractivity contribution in [2.75, 3.05) is 20.1 Å². The highest BCUT2D eigenvalue weighted by Gasteiger charge is 2.12.